The van der Waals surface area contributed by atoms with Crippen molar-refractivity contribution in [1.29, 1.82) is 0 Å². The molecular weight excluding hydrogens is 352 g/mol. The van der Waals surface area contributed by atoms with Gasteiger partial charge in [0.2, 0.25) is 11.8 Å². The van der Waals surface area contributed by atoms with Gasteiger partial charge in [0.1, 0.15) is 5.75 Å². The van der Waals surface area contributed by atoms with E-state index in [1.165, 1.54) is 0 Å². The highest BCUT2D eigenvalue weighted by atomic mass is 32.2. The molecule has 1 fully saturated rings. The van der Waals surface area contributed by atoms with Crippen LogP contribution < -0.4 is 15.4 Å². The fourth-order valence-electron chi connectivity index (χ4n) is 2.60. The standard InChI is InChI=1S/C19H18N2O4S/c1-25-15-8-4-13(5-9-15)11-17(22)20-14-6-2-12(3-7-14)10-16-18(23)21-19(24)26-16/h2-9,16H,10-11H2,1H3,(H,20,22)(H,21,23,24). The van der Waals surface area contributed by atoms with Crippen LogP contribution in [0.25, 0.3) is 0 Å². The molecule has 3 rings (SSSR count). The fourth-order valence-corrected chi connectivity index (χ4v) is 3.46. The van der Waals surface area contributed by atoms with E-state index in [0.29, 0.717) is 12.1 Å². The molecule has 0 spiro atoms. The number of benzene rings is 2. The highest BCUT2D eigenvalue weighted by Gasteiger charge is 2.31. The van der Waals surface area contributed by atoms with Crippen LogP contribution in [0.4, 0.5) is 10.5 Å². The summed E-state index contributed by atoms with van der Waals surface area (Å²) in [6.07, 6.45) is 0.745. The van der Waals surface area contributed by atoms with Gasteiger partial charge >= 0.3 is 0 Å². The van der Waals surface area contributed by atoms with Gasteiger partial charge in [0.05, 0.1) is 18.8 Å². The summed E-state index contributed by atoms with van der Waals surface area (Å²) in [5, 5.41) is 4.43. The number of ether oxygens (including phenoxy) is 1. The molecule has 1 aliphatic rings. The number of thioether (sulfide) groups is 1. The van der Waals surface area contributed by atoms with Crippen molar-refractivity contribution in [3.05, 3.63) is 59.7 Å². The van der Waals surface area contributed by atoms with Gasteiger partial charge < -0.3 is 10.1 Å². The molecule has 0 radical (unpaired) electrons. The average Bonchev–Trinajstić information content (AvgIpc) is 2.94. The molecule has 0 bridgehead atoms. The van der Waals surface area contributed by atoms with Crippen molar-refractivity contribution >= 4 is 34.5 Å². The summed E-state index contributed by atoms with van der Waals surface area (Å²) in [4.78, 5) is 34.9. The van der Waals surface area contributed by atoms with E-state index in [1.54, 1.807) is 19.2 Å². The maximum absolute atomic E-state index is 12.1. The first-order chi connectivity index (χ1) is 12.5. The third kappa shape index (κ3) is 4.64. The number of carbonyl (C=O) groups is 3. The molecule has 1 heterocycles. The lowest BCUT2D eigenvalue weighted by Crippen LogP contribution is -2.25. The van der Waals surface area contributed by atoms with E-state index in [9.17, 15) is 14.4 Å². The first-order valence-electron chi connectivity index (χ1n) is 8.06. The van der Waals surface area contributed by atoms with Gasteiger partial charge in [-0.1, -0.05) is 36.0 Å². The molecule has 1 saturated heterocycles. The van der Waals surface area contributed by atoms with E-state index in [0.717, 1.165) is 28.6 Å². The van der Waals surface area contributed by atoms with Gasteiger partial charge in [-0.3, -0.25) is 19.7 Å². The van der Waals surface area contributed by atoms with E-state index in [4.69, 9.17) is 4.74 Å². The number of anilines is 1. The molecule has 0 aromatic heterocycles. The summed E-state index contributed by atoms with van der Waals surface area (Å²) in [6, 6.07) is 14.6. The molecule has 7 heteroatoms. The second-order valence-electron chi connectivity index (χ2n) is 5.86. The van der Waals surface area contributed by atoms with Gasteiger partial charge in [0.25, 0.3) is 5.24 Å². The first-order valence-corrected chi connectivity index (χ1v) is 8.94. The Morgan fingerprint density at radius 3 is 2.31 bits per heavy atom. The van der Waals surface area contributed by atoms with Gasteiger partial charge in [-0.25, -0.2) is 0 Å². The highest BCUT2D eigenvalue weighted by Crippen LogP contribution is 2.23. The summed E-state index contributed by atoms with van der Waals surface area (Å²) in [5.41, 5.74) is 2.52. The fraction of sp³-hybridized carbons (Fsp3) is 0.211. The predicted molar refractivity (Wildman–Crippen MR) is 100 cm³/mol. The molecule has 134 valence electrons. The van der Waals surface area contributed by atoms with Gasteiger partial charge in [-0.2, -0.15) is 0 Å². The monoisotopic (exact) mass is 370 g/mol. The van der Waals surface area contributed by atoms with Gasteiger partial charge in [-0.05, 0) is 41.8 Å². The maximum atomic E-state index is 12.1. The van der Waals surface area contributed by atoms with E-state index in [1.807, 2.05) is 36.4 Å². The molecule has 0 aliphatic carbocycles. The van der Waals surface area contributed by atoms with Crippen LogP contribution >= 0.6 is 11.8 Å². The second-order valence-corrected chi connectivity index (χ2v) is 7.03. The Kier molecular flexibility index (Phi) is 5.58. The van der Waals surface area contributed by atoms with Crippen molar-refractivity contribution in [3.8, 4) is 5.75 Å². The zero-order valence-electron chi connectivity index (χ0n) is 14.2. The predicted octanol–water partition coefficient (Wildman–Crippen LogP) is 2.77. The van der Waals surface area contributed by atoms with E-state index in [2.05, 4.69) is 10.6 Å². The minimum atomic E-state index is -0.391. The lowest BCUT2D eigenvalue weighted by atomic mass is 10.1. The van der Waals surface area contributed by atoms with Crippen LogP contribution in [-0.2, 0) is 22.4 Å². The maximum Gasteiger partial charge on any atom is 0.286 e. The van der Waals surface area contributed by atoms with E-state index in [-0.39, 0.29) is 23.5 Å². The Balaban J connectivity index is 1.54. The largest absolute Gasteiger partial charge is 0.497 e. The molecule has 3 amide bonds. The lowest BCUT2D eigenvalue weighted by Gasteiger charge is -2.08. The number of nitrogens with one attached hydrogen (secondary N) is 2. The van der Waals surface area contributed by atoms with Crippen molar-refractivity contribution in [2.45, 2.75) is 18.1 Å². The number of rotatable bonds is 6. The van der Waals surface area contributed by atoms with Crippen LogP contribution in [0, 0.1) is 0 Å². The number of hydrogen-bond donors (Lipinski definition) is 2. The smallest absolute Gasteiger partial charge is 0.286 e. The number of imide groups is 1. The molecular formula is C19H18N2O4S. The number of amides is 3. The van der Waals surface area contributed by atoms with Crippen LogP contribution in [-0.4, -0.2) is 29.4 Å². The molecule has 2 aromatic carbocycles. The summed E-state index contributed by atoms with van der Waals surface area (Å²) >= 11 is 1.01. The van der Waals surface area contributed by atoms with Crippen LogP contribution in [0.3, 0.4) is 0 Å². The Hall–Kier alpha value is -2.80. The number of carbonyl (C=O) groups excluding carboxylic acids is 3. The molecule has 1 aliphatic heterocycles. The van der Waals surface area contributed by atoms with Crippen LogP contribution in [0.1, 0.15) is 11.1 Å². The number of methoxy groups -OCH3 is 1. The molecule has 0 saturated carbocycles. The normalized spacial score (nSPS) is 16.3. The van der Waals surface area contributed by atoms with E-state index < -0.39 is 5.25 Å². The second kappa shape index (κ2) is 8.05. The minimum absolute atomic E-state index is 0.112. The van der Waals surface area contributed by atoms with Crippen LogP contribution in [0.15, 0.2) is 48.5 Å². The van der Waals surface area contributed by atoms with Gasteiger partial charge in [0.15, 0.2) is 0 Å². The summed E-state index contributed by atoms with van der Waals surface area (Å²) in [5.74, 6) is 0.386. The molecule has 6 nitrogen and oxygen atoms in total. The molecule has 1 atom stereocenters. The third-order valence-corrected chi connectivity index (χ3v) is 4.93. The molecule has 1 unspecified atom stereocenters. The van der Waals surface area contributed by atoms with Crippen LogP contribution in [0.2, 0.25) is 0 Å². The topological polar surface area (TPSA) is 84.5 Å². The highest BCUT2D eigenvalue weighted by molar-refractivity contribution is 8.15. The third-order valence-electron chi connectivity index (χ3n) is 3.95. The minimum Gasteiger partial charge on any atom is -0.497 e. The lowest BCUT2D eigenvalue weighted by molar-refractivity contribution is -0.119. The van der Waals surface area contributed by atoms with E-state index >= 15 is 0 Å². The van der Waals surface area contributed by atoms with Crippen molar-refractivity contribution < 1.29 is 19.1 Å². The summed E-state index contributed by atoms with van der Waals surface area (Å²) < 4.78 is 5.10. The molecule has 2 aromatic rings. The summed E-state index contributed by atoms with van der Waals surface area (Å²) in [7, 11) is 1.60. The first kappa shape index (κ1) is 18.0. The van der Waals surface area contributed by atoms with Crippen LogP contribution in [0.5, 0.6) is 5.75 Å². The zero-order chi connectivity index (χ0) is 18.5. The molecule has 2 N–H and O–H groups in total. The van der Waals surface area contributed by atoms with Crippen molar-refractivity contribution in [1.82, 2.24) is 5.32 Å². The zero-order valence-corrected chi connectivity index (χ0v) is 15.0. The van der Waals surface area contributed by atoms with Gasteiger partial charge in [0, 0.05) is 5.69 Å². The van der Waals surface area contributed by atoms with Crippen molar-refractivity contribution in [3.63, 3.8) is 0 Å². The average molecular weight is 370 g/mol. The van der Waals surface area contributed by atoms with Crippen molar-refractivity contribution in [2.24, 2.45) is 0 Å². The Bertz CT molecular complexity index is 818. The Morgan fingerprint density at radius 1 is 1.08 bits per heavy atom. The number of hydrogen-bond acceptors (Lipinski definition) is 5. The quantitative estimate of drug-likeness (QED) is 0.817. The molecule has 26 heavy (non-hydrogen) atoms. The van der Waals surface area contributed by atoms with Crippen molar-refractivity contribution in [2.75, 3.05) is 12.4 Å². The Morgan fingerprint density at radius 2 is 1.73 bits per heavy atom. The summed E-state index contributed by atoms with van der Waals surface area (Å²) in [6.45, 7) is 0. The Labute approximate surface area is 155 Å². The SMILES string of the molecule is COc1ccc(CC(=O)Nc2ccc(CC3SC(=O)NC3=O)cc2)cc1. The van der Waals surface area contributed by atoms with Gasteiger partial charge in [-0.15, -0.1) is 0 Å².